The molecule has 0 amide bonds. The first-order valence-electron chi connectivity index (χ1n) is 6.76. The fourth-order valence-corrected chi connectivity index (χ4v) is 2.14. The Morgan fingerprint density at radius 3 is 1.83 bits per heavy atom. The van der Waals surface area contributed by atoms with Crippen LogP contribution in [0.3, 0.4) is 0 Å². The summed E-state index contributed by atoms with van der Waals surface area (Å²) in [5.41, 5.74) is -0.205. The number of benzene rings is 2. The zero-order valence-corrected chi connectivity index (χ0v) is 12.4. The highest BCUT2D eigenvalue weighted by Gasteiger charge is 2.28. The number of anilines is 1. The highest BCUT2D eigenvalue weighted by molar-refractivity contribution is 5.46. The Morgan fingerprint density at radius 1 is 0.870 bits per heavy atom. The number of methoxy groups -OCH3 is 1. The molecular weight excluding hydrogens is 317 g/mol. The van der Waals surface area contributed by atoms with E-state index in [4.69, 9.17) is 4.74 Å². The summed E-state index contributed by atoms with van der Waals surface area (Å²) in [5, 5.41) is 2.87. The Kier molecular flexibility index (Phi) is 5.08. The molecule has 1 N–H and O–H groups in total. The van der Waals surface area contributed by atoms with Crippen molar-refractivity contribution in [3.63, 3.8) is 0 Å². The molecule has 0 aliphatic carbocycles. The van der Waals surface area contributed by atoms with E-state index in [1.54, 1.807) is 24.3 Å². The van der Waals surface area contributed by atoms with Crippen LogP contribution in [0.5, 0.6) is 5.75 Å². The highest BCUT2D eigenvalue weighted by Crippen LogP contribution is 2.29. The number of halogens is 5. The average Bonchev–Trinajstić information content (AvgIpc) is 2.57. The van der Waals surface area contributed by atoms with Crippen LogP contribution in [0.15, 0.2) is 24.3 Å². The van der Waals surface area contributed by atoms with E-state index in [0.29, 0.717) is 11.4 Å². The van der Waals surface area contributed by atoms with Gasteiger partial charge in [0.05, 0.1) is 7.11 Å². The topological polar surface area (TPSA) is 21.3 Å². The van der Waals surface area contributed by atoms with E-state index >= 15 is 0 Å². The molecule has 7 heteroatoms. The third kappa shape index (κ3) is 3.38. The molecule has 2 aromatic carbocycles. The van der Waals surface area contributed by atoms with E-state index in [2.05, 4.69) is 5.32 Å². The molecule has 0 fully saturated rings. The summed E-state index contributed by atoms with van der Waals surface area (Å²) in [6.45, 7) is 1.36. The van der Waals surface area contributed by atoms with Crippen molar-refractivity contribution in [3.05, 3.63) is 58.9 Å². The zero-order chi connectivity index (χ0) is 17.1. The van der Waals surface area contributed by atoms with E-state index in [0.717, 1.165) is 0 Å². The summed E-state index contributed by atoms with van der Waals surface area (Å²) in [4.78, 5) is 0. The van der Waals surface area contributed by atoms with Gasteiger partial charge in [-0.25, -0.2) is 22.0 Å². The molecule has 0 saturated heterocycles. The van der Waals surface area contributed by atoms with Crippen molar-refractivity contribution in [2.24, 2.45) is 0 Å². The molecule has 0 aromatic heterocycles. The van der Waals surface area contributed by atoms with Crippen LogP contribution in [0.1, 0.15) is 18.4 Å². The molecule has 2 aromatic rings. The molecule has 2 rings (SSSR count). The number of rotatable bonds is 5. The van der Waals surface area contributed by atoms with Gasteiger partial charge in [0.1, 0.15) is 5.75 Å². The molecule has 2 nitrogen and oxygen atoms in total. The summed E-state index contributed by atoms with van der Waals surface area (Å²) < 4.78 is 71.9. The molecule has 0 aliphatic heterocycles. The van der Waals surface area contributed by atoms with E-state index in [1.807, 2.05) is 0 Å². The molecule has 0 saturated carbocycles. The molecule has 0 spiro atoms. The normalized spacial score (nSPS) is 12.1. The van der Waals surface area contributed by atoms with Gasteiger partial charge in [-0.3, -0.25) is 0 Å². The maximum Gasteiger partial charge on any atom is 0.200 e. The van der Waals surface area contributed by atoms with Gasteiger partial charge in [0.25, 0.3) is 0 Å². The SMILES string of the molecule is COc1ccc(NC[C@H](C)c2c(F)c(F)c(F)c(F)c2F)cc1. The van der Waals surface area contributed by atoms with Gasteiger partial charge in [-0.1, -0.05) is 6.92 Å². The molecular formula is C16H14F5NO. The van der Waals surface area contributed by atoms with Gasteiger partial charge < -0.3 is 10.1 Å². The molecule has 124 valence electrons. The summed E-state index contributed by atoms with van der Waals surface area (Å²) in [6.07, 6.45) is 0. The molecule has 0 radical (unpaired) electrons. The van der Waals surface area contributed by atoms with Crippen LogP contribution in [0, 0.1) is 29.1 Å². The van der Waals surface area contributed by atoms with Crippen LogP contribution in [0.25, 0.3) is 0 Å². The molecule has 0 bridgehead atoms. The first-order chi connectivity index (χ1) is 10.9. The number of nitrogens with one attached hydrogen (secondary N) is 1. The Labute approximate surface area is 129 Å². The zero-order valence-electron chi connectivity index (χ0n) is 12.4. The number of hydrogen-bond donors (Lipinski definition) is 1. The van der Waals surface area contributed by atoms with Crippen molar-refractivity contribution in [1.29, 1.82) is 0 Å². The van der Waals surface area contributed by atoms with Gasteiger partial charge in [0.15, 0.2) is 23.3 Å². The Balaban J connectivity index is 2.19. The molecule has 0 unspecified atom stereocenters. The minimum absolute atomic E-state index is 0.00924. The van der Waals surface area contributed by atoms with Crippen molar-refractivity contribution in [2.75, 3.05) is 19.0 Å². The first-order valence-corrected chi connectivity index (χ1v) is 6.76. The lowest BCUT2D eigenvalue weighted by Crippen LogP contribution is -2.16. The standard InChI is InChI=1S/C16H14F5NO/c1-8(7-22-9-3-5-10(23-2)6-4-9)11-12(17)14(19)16(21)15(20)13(11)18/h3-6,8,22H,7H2,1-2H3/t8-/m0/s1. The van der Waals surface area contributed by atoms with Crippen LogP contribution < -0.4 is 10.1 Å². The second-order valence-electron chi connectivity index (χ2n) is 4.99. The minimum atomic E-state index is -2.15. The summed E-state index contributed by atoms with van der Waals surface area (Å²) in [5.74, 6) is -9.93. The average molecular weight is 331 g/mol. The van der Waals surface area contributed by atoms with Gasteiger partial charge >= 0.3 is 0 Å². The fraction of sp³-hybridized carbons (Fsp3) is 0.250. The van der Waals surface area contributed by atoms with Crippen molar-refractivity contribution in [1.82, 2.24) is 0 Å². The molecule has 0 aliphatic rings. The first kappa shape index (κ1) is 17.1. The van der Waals surface area contributed by atoms with Gasteiger partial charge in [-0.2, -0.15) is 0 Å². The van der Waals surface area contributed by atoms with E-state index in [1.165, 1.54) is 14.0 Å². The van der Waals surface area contributed by atoms with E-state index in [9.17, 15) is 22.0 Å². The lowest BCUT2D eigenvalue weighted by atomic mass is 9.99. The predicted molar refractivity (Wildman–Crippen MR) is 76.1 cm³/mol. The Hall–Kier alpha value is -2.31. The van der Waals surface area contributed by atoms with Crippen LogP contribution in [0.2, 0.25) is 0 Å². The summed E-state index contributed by atoms with van der Waals surface area (Å²) in [7, 11) is 1.51. The van der Waals surface area contributed by atoms with Crippen molar-refractivity contribution >= 4 is 5.69 Å². The molecule has 1 atom stereocenters. The Morgan fingerprint density at radius 2 is 1.35 bits per heavy atom. The second-order valence-corrected chi connectivity index (χ2v) is 4.99. The third-order valence-corrected chi connectivity index (χ3v) is 3.44. The van der Waals surface area contributed by atoms with Crippen LogP contribution in [-0.4, -0.2) is 13.7 Å². The van der Waals surface area contributed by atoms with Crippen LogP contribution >= 0.6 is 0 Å². The quantitative estimate of drug-likeness (QED) is 0.491. The van der Waals surface area contributed by atoms with Crippen LogP contribution in [0.4, 0.5) is 27.6 Å². The van der Waals surface area contributed by atoms with Gasteiger partial charge in [0, 0.05) is 23.7 Å². The fourth-order valence-electron chi connectivity index (χ4n) is 2.14. The smallest absolute Gasteiger partial charge is 0.200 e. The van der Waals surface area contributed by atoms with Gasteiger partial charge in [0.2, 0.25) is 5.82 Å². The maximum atomic E-state index is 13.7. The van der Waals surface area contributed by atoms with Crippen molar-refractivity contribution in [3.8, 4) is 5.75 Å². The van der Waals surface area contributed by atoms with E-state index < -0.39 is 40.6 Å². The minimum Gasteiger partial charge on any atom is -0.497 e. The van der Waals surface area contributed by atoms with Crippen molar-refractivity contribution in [2.45, 2.75) is 12.8 Å². The monoisotopic (exact) mass is 331 g/mol. The maximum absolute atomic E-state index is 13.7. The van der Waals surface area contributed by atoms with Gasteiger partial charge in [-0.05, 0) is 24.3 Å². The second kappa shape index (κ2) is 6.85. The molecule has 23 heavy (non-hydrogen) atoms. The lowest BCUT2D eigenvalue weighted by Gasteiger charge is -2.17. The highest BCUT2D eigenvalue weighted by atomic mass is 19.2. The Bertz CT molecular complexity index is 674. The number of ether oxygens (including phenoxy) is 1. The van der Waals surface area contributed by atoms with Crippen LogP contribution in [-0.2, 0) is 0 Å². The van der Waals surface area contributed by atoms with E-state index in [-0.39, 0.29) is 6.54 Å². The third-order valence-electron chi connectivity index (χ3n) is 3.44. The summed E-state index contributed by atoms with van der Waals surface area (Å²) in [6, 6.07) is 6.69. The van der Waals surface area contributed by atoms with Gasteiger partial charge in [-0.15, -0.1) is 0 Å². The number of hydrogen-bond acceptors (Lipinski definition) is 2. The molecule has 0 heterocycles. The largest absolute Gasteiger partial charge is 0.497 e. The predicted octanol–water partition coefficient (Wildman–Crippen LogP) is 4.61. The van der Waals surface area contributed by atoms with Crippen molar-refractivity contribution < 1.29 is 26.7 Å². The summed E-state index contributed by atoms with van der Waals surface area (Å²) >= 11 is 0. The lowest BCUT2D eigenvalue weighted by molar-refractivity contribution is 0.366.